The fourth-order valence-corrected chi connectivity index (χ4v) is 2.08. The van der Waals surface area contributed by atoms with Gasteiger partial charge in [-0.05, 0) is 20.8 Å². The molecule has 1 aromatic carbocycles. The molecule has 0 fully saturated rings. The molecule has 0 bridgehead atoms. The van der Waals surface area contributed by atoms with Crippen molar-refractivity contribution in [3.63, 3.8) is 0 Å². The van der Waals surface area contributed by atoms with Gasteiger partial charge in [-0.1, -0.05) is 24.3 Å². The van der Waals surface area contributed by atoms with Gasteiger partial charge in [0.05, 0.1) is 5.69 Å². The molecule has 5 nitrogen and oxygen atoms in total. The van der Waals surface area contributed by atoms with E-state index in [4.69, 9.17) is 5.11 Å². The number of benzene rings is 1. The smallest absolute Gasteiger partial charge is 0.323 e. The van der Waals surface area contributed by atoms with E-state index in [2.05, 4.69) is 10.2 Å². The fraction of sp³-hybridized carbons (Fsp3) is 0.357. The number of carboxylic acids is 1. The molecule has 1 aromatic heterocycles. The van der Waals surface area contributed by atoms with Crippen LogP contribution in [0.25, 0.3) is 10.8 Å². The van der Waals surface area contributed by atoms with Crippen molar-refractivity contribution in [3.05, 3.63) is 30.0 Å². The number of hydrogen-bond acceptors (Lipinski definition) is 4. The number of carbonyl (C=O) groups is 1. The Balaban J connectivity index is 2.60. The molecule has 5 heteroatoms. The van der Waals surface area contributed by atoms with Gasteiger partial charge in [0.15, 0.2) is 5.82 Å². The molecule has 100 valence electrons. The molecule has 1 heterocycles. The number of hydrogen-bond donors (Lipinski definition) is 1. The third-order valence-electron chi connectivity index (χ3n) is 3.05. The largest absolute Gasteiger partial charge is 0.480 e. The molecule has 2 rings (SSSR count). The van der Waals surface area contributed by atoms with Crippen LogP contribution in [-0.2, 0) is 4.79 Å². The predicted octanol–water partition coefficient (Wildman–Crippen LogP) is 2.24. The Morgan fingerprint density at radius 2 is 1.89 bits per heavy atom. The Morgan fingerprint density at radius 3 is 2.47 bits per heavy atom. The Hall–Kier alpha value is -2.17. The Bertz CT molecular complexity index is 611. The summed E-state index contributed by atoms with van der Waals surface area (Å²) in [4.78, 5) is 12.7. The molecule has 0 amide bonds. The molecular weight excluding hydrogens is 242 g/mol. The molecule has 0 aliphatic heterocycles. The zero-order chi connectivity index (χ0) is 14.0. The topological polar surface area (TPSA) is 66.3 Å². The summed E-state index contributed by atoms with van der Waals surface area (Å²) in [5.41, 5.74) is 0.846. The number of rotatable bonds is 4. The minimum Gasteiger partial charge on any atom is -0.480 e. The van der Waals surface area contributed by atoms with Crippen LogP contribution in [0.1, 0.15) is 19.5 Å². The second-order valence-corrected chi connectivity index (χ2v) is 4.77. The lowest BCUT2D eigenvalue weighted by Crippen LogP contribution is -2.36. The lowest BCUT2D eigenvalue weighted by Gasteiger charge is -2.26. The monoisotopic (exact) mass is 259 g/mol. The molecule has 0 aliphatic rings. The summed E-state index contributed by atoms with van der Waals surface area (Å²) >= 11 is 0. The van der Waals surface area contributed by atoms with Gasteiger partial charge in [-0.2, -0.15) is 5.10 Å². The minimum atomic E-state index is -0.875. The van der Waals surface area contributed by atoms with Crippen LogP contribution >= 0.6 is 0 Å². The standard InChI is InChI=1S/C14H17N3O2/c1-9(2)17(8-13(18)19)14-12-7-5-4-6-11(12)10(3)15-16-14/h4-7,9H,8H2,1-3H3,(H,18,19). The van der Waals surface area contributed by atoms with Gasteiger partial charge in [0, 0.05) is 16.8 Å². The predicted molar refractivity (Wildman–Crippen MR) is 74.4 cm³/mol. The number of carboxylic acid groups (broad SMARTS) is 1. The average Bonchev–Trinajstić information content (AvgIpc) is 2.37. The normalized spacial score (nSPS) is 10.9. The van der Waals surface area contributed by atoms with E-state index in [-0.39, 0.29) is 12.6 Å². The fourth-order valence-electron chi connectivity index (χ4n) is 2.08. The van der Waals surface area contributed by atoms with Crippen LogP contribution < -0.4 is 4.90 Å². The lowest BCUT2D eigenvalue weighted by atomic mass is 10.1. The maximum Gasteiger partial charge on any atom is 0.323 e. The first-order valence-corrected chi connectivity index (χ1v) is 6.21. The average molecular weight is 259 g/mol. The third kappa shape index (κ3) is 2.65. The molecule has 0 atom stereocenters. The van der Waals surface area contributed by atoms with Gasteiger partial charge in [-0.25, -0.2) is 0 Å². The number of aliphatic carboxylic acids is 1. The van der Waals surface area contributed by atoms with Crippen molar-refractivity contribution in [2.24, 2.45) is 0 Å². The summed E-state index contributed by atoms with van der Waals surface area (Å²) in [6.45, 7) is 5.70. The zero-order valence-corrected chi connectivity index (χ0v) is 11.3. The molecular formula is C14H17N3O2. The Morgan fingerprint density at radius 1 is 1.26 bits per heavy atom. The van der Waals surface area contributed by atoms with Gasteiger partial charge in [-0.15, -0.1) is 5.10 Å². The van der Waals surface area contributed by atoms with Crippen LogP contribution in [0.3, 0.4) is 0 Å². The Labute approximate surface area is 111 Å². The minimum absolute atomic E-state index is 0.0384. The van der Waals surface area contributed by atoms with Crippen molar-refractivity contribution in [2.75, 3.05) is 11.4 Å². The molecule has 19 heavy (non-hydrogen) atoms. The number of aromatic nitrogens is 2. The van der Waals surface area contributed by atoms with E-state index in [1.54, 1.807) is 4.90 Å². The summed E-state index contributed by atoms with van der Waals surface area (Å²) in [5.74, 6) is -0.251. The van der Waals surface area contributed by atoms with E-state index in [1.807, 2.05) is 45.0 Å². The summed E-state index contributed by atoms with van der Waals surface area (Å²) in [6.07, 6.45) is 0. The van der Waals surface area contributed by atoms with E-state index >= 15 is 0 Å². The van der Waals surface area contributed by atoms with Crippen molar-refractivity contribution in [2.45, 2.75) is 26.8 Å². The maximum absolute atomic E-state index is 11.0. The number of aryl methyl sites for hydroxylation is 1. The first kappa shape index (κ1) is 13.3. The Kier molecular flexibility index (Phi) is 3.64. The first-order chi connectivity index (χ1) is 9.00. The molecule has 0 aliphatic carbocycles. The van der Waals surface area contributed by atoms with Crippen LogP contribution in [0.4, 0.5) is 5.82 Å². The SMILES string of the molecule is Cc1nnc(N(CC(=O)O)C(C)C)c2ccccc12. The highest BCUT2D eigenvalue weighted by Crippen LogP contribution is 2.26. The first-order valence-electron chi connectivity index (χ1n) is 6.21. The van der Waals surface area contributed by atoms with Crippen molar-refractivity contribution in [1.29, 1.82) is 0 Å². The van der Waals surface area contributed by atoms with Crippen LogP contribution in [0.5, 0.6) is 0 Å². The van der Waals surface area contributed by atoms with Gasteiger partial charge < -0.3 is 10.0 Å². The second-order valence-electron chi connectivity index (χ2n) is 4.77. The van der Waals surface area contributed by atoms with Crippen LogP contribution in [-0.4, -0.2) is 33.9 Å². The lowest BCUT2D eigenvalue weighted by molar-refractivity contribution is -0.135. The van der Waals surface area contributed by atoms with E-state index in [1.165, 1.54) is 0 Å². The third-order valence-corrected chi connectivity index (χ3v) is 3.05. The molecule has 2 aromatic rings. The summed E-state index contributed by atoms with van der Waals surface area (Å²) < 4.78 is 0. The van der Waals surface area contributed by atoms with E-state index in [0.29, 0.717) is 5.82 Å². The van der Waals surface area contributed by atoms with Crippen molar-refractivity contribution >= 4 is 22.6 Å². The quantitative estimate of drug-likeness (QED) is 0.912. The molecule has 0 saturated heterocycles. The van der Waals surface area contributed by atoms with Crippen molar-refractivity contribution in [1.82, 2.24) is 10.2 Å². The molecule has 1 N–H and O–H groups in total. The maximum atomic E-state index is 11.0. The highest BCUT2D eigenvalue weighted by molar-refractivity contribution is 5.94. The number of nitrogens with zero attached hydrogens (tertiary/aromatic N) is 3. The van der Waals surface area contributed by atoms with Gasteiger partial charge in [0.25, 0.3) is 0 Å². The molecule has 0 saturated carbocycles. The highest BCUT2D eigenvalue weighted by Gasteiger charge is 2.19. The van der Waals surface area contributed by atoms with Crippen LogP contribution in [0.15, 0.2) is 24.3 Å². The molecule has 0 unspecified atom stereocenters. The molecule has 0 spiro atoms. The van der Waals surface area contributed by atoms with Gasteiger partial charge in [0.2, 0.25) is 0 Å². The summed E-state index contributed by atoms with van der Waals surface area (Å²) in [5, 5.41) is 19.3. The van der Waals surface area contributed by atoms with E-state index in [9.17, 15) is 4.79 Å². The second kappa shape index (κ2) is 5.22. The van der Waals surface area contributed by atoms with Gasteiger partial charge in [-0.3, -0.25) is 4.79 Å². The van der Waals surface area contributed by atoms with E-state index in [0.717, 1.165) is 16.5 Å². The van der Waals surface area contributed by atoms with Crippen LogP contribution in [0.2, 0.25) is 0 Å². The highest BCUT2D eigenvalue weighted by atomic mass is 16.4. The van der Waals surface area contributed by atoms with Gasteiger partial charge >= 0.3 is 5.97 Å². The summed E-state index contributed by atoms with van der Waals surface area (Å²) in [7, 11) is 0. The molecule has 0 radical (unpaired) electrons. The van der Waals surface area contributed by atoms with Crippen molar-refractivity contribution in [3.8, 4) is 0 Å². The zero-order valence-electron chi connectivity index (χ0n) is 11.3. The van der Waals surface area contributed by atoms with Crippen molar-refractivity contribution < 1.29 is 9.90 Å². The number of fused-ring (bicyclic) bond motifs is 1. The van der Waals surface area contributed by atoms with Crippen LogP contribution in [0, 0.1) is 6.92 Å². The van der Waals surface area contributed by atoms with Gasteiger partial charge in [0.1, 0.15) is 6.54 Å². The van der Waals surface area contributed by atoms with E-state index < -0.39 is 5.97 Å². The number of anilines is 1. The summed E-state index contributed by atoms with van der Waals surface area (Å²) in [6, 6.07) is 7.83.